The summed E-state index contributed by atoms with van der Waals surface area (Å²) in [6.45, 7) is 10.7. The number of likely N-dealkylation sites (tertiary alicyclic amines) is 1. The molecule has 1 unspecified atom stereocenters. The first-order valence-electron chi connectivity index (χ1n) is 5.08. The minimum atomic E-state index is -1.32. The summed E-state index contributed by atoms with van der Waals surface area (Å²) in [4.78, 5) is 13.6. The highest BCUT2D eigenvalue weighted by atomic mass is 19.1. The molecule has 1 saturated heterocycles. The van der Waals surface area contributed by atoms with Crippen molar-refractivity contribution < 1.29 is 9.18 Å². The van der Waals surface area contributed by atoms with Crippen molar-refractivity contribution in [1.29, 1.82) is 0 Å². The van der Waals surface area contributed by atoms with E-state index in [1.54, 1.807) is 0 Å². The maximum atomic E-state index is 13.5. The van der Waals surface area contributed by atoms with Crippen molar-refractivity contribution in [2.24, 2.45) is 5.41 Å². The average Bonchev–Trinajstić information content (AvgIpc) is 1.97. The van der Waals surface area contributed by atoms with Gasteiger partial charge in [-0.05, 0) is 20.8 Å². The monoisotopic (exact) mass is 201 g/mol. The molecule has 2 nitrogen and oxygen atoms in total. The van der Waals surface area contributed by atoms with Crippen LogP contribution in [0.2, 0.25) is 0 Å². The van der Waals surface area contributed by atoms with Crippen LogP contribution in [-0.4, -0.2) is 35.5 Å². The fourth-order valence-electron chi connectivity index (χ4n) is 1.83. The van der Waals surface area contributed by atoms with E-state index in [1.807, 2.05) is 39.5 Å². The van der Waals surface area contributed by atoms with Crippen molar-refractivity contribution in [1.82, 2.24) is 4.90 Å². The van der Waals surface area contributed by atoms with Crippen molar-refractivity contribution in [3.8, 4) is 0 Å². The van der Waals surface area contributed by atoms with Gasteiger partial charge < -0.3 is 0 Å². The predicted molar refractivity (Wildman–Crippen MR) is 55.0 cm³/mol. The number of hydrogen-bond donors (Lipinski definition) is 0. The van der Waals surface area contributed by atoms with Gasteiger partial charge in [0.25, 0.3) is 0 Å². The molecule has 0 aromatic carbocycles. The van der Waals surface area contributed by atoms with E-state index in [1.165, 1.54) is 0 Å². The Bertz CT molecular complexity index is 242. The first-order chi connectivity index (χ1) is 6.14. The second-order valence-corrected chi connectivity index (χ2v) is 5.77. The van der Waals surface area contributed by atoms with E-state index in [9.17, 15) is 9.18 Å². The van der Waals surface area contributed by atoms with Gasteiger partial charge in [-0.15, -0.1) is 0 Å². The third kappa shape index (κ3) is 2.14. The van der Waals surface area contributed by atoms with Crippen molar-refractivity contribution >= 4 is 5.78 Å². The number of ketones is 1. The molecule has 1 aliphatic heterocycles. The Kier molecular flexibility index (Phi) is 2.74. The van der Waals surface area contributed by atoms with Gasteiger partial charge in [0.05, 0.1) is 0 Å². The topological polar surface area (TPSA) is 20.3 Å². The number of carbonyl (C=O) groups is 1. The standard InChI is InChI=1S/C11H20FNO/c1-10(2,3)13-6-8(12)9(14)11(4,5)7-13/h8H,6-7H2,1-5H3. The lowest BCUT2D eigenvalue weighted by Crippen LogP contribution is -2.58. The average molecular weight is 201 g/mol. The molecule has 0 spiro atoms. The zero-order valence-electron chi connectivity index (χ0n) is 9.72. The molecule has 1 fully saturated rings. The number of halogens is 1. The van der Waals surface area contributed by atoms with Gasteiger partial charge in [0, 0.05) is 24.0 Å². The molecule has 0 bridgehead atoms. The lowest BCUT2D eigenvalue weighted by atomic mass is 9.80. The van der Waals surface area contributed by atoms with Crippen LogP contribution in [0.1, 0.15) is 34.6 Å². The van der Waals surface area contributed by atoms with Crippen LogP contribution in [0.3, 0.4) is 0 Å². The van der Waals surface area contributed by atoms with Gasteiger partial charge in [-0.3, -0.25) is 9.69 Å². The number of rotatable bonds is 0. The molecule has 0 amide bonds. The lowest BCUT2D eigenvalue weighted by molar-refractivity contribution is -0.141. The maximum absolute atomic E-state index is 13.5. The Labute approximate surface area is 85.5 Å². The van der Waals surface area contributed by atoms with E-state index < -0.39 is 11.6 Å². The highest BCUT2D eigenvalue weighted by Gasteiger charge is 2.43. The minimum Gasteiger partial charge on any atom is -0.296 e. The number of nitrogens with zero attached hydrogens (tertiary/aromatic N) is 1. The zero-order valence-corrected chi connectivity index (χ0v) is 9.72. The summed E-state index contributed by atoms with van der Waals surface area (Å²) in [6.07, 6.45) is -1.32. The molecule has 1 heterocycles. The van der Waals surface area contributed by atoms with Gasteiger partial charge >= 0.3 is 0 Å². The van der Waals surface area contributed by atoms with E-state index in [2.05, 4.69) is 0 Å². The van der Waals surface area contributed by atoms with Crippen LogP contribution in [-0.2, 0) is 4.79 Å². The highest BCUT2D eigenvalue weighted by molar-refractivity contribution is 5.89. The van der Waals surface area contributed by atoms with Gasteiger partial charge in [-0.1, -0.05) is 13.8 Å². The van der Waals surface area contributed by atoms with E-state index >= 15 is 0 Å². The van der Waals surface area contributed by atoms with Crippen LogP contribution in [0.15, 0.2) is 0 Å². The summed E-state index contributed by atoms with van der Waals surface area (Å²) in [5.74, 6) is -0.252. The Morgan fingerprint density at radius 2 is 1.93 bits per heavy atom. The van der Waals surface area contributed by atoms with Crippen LogP contribution in [0.4, 0.5) is 4.39 Å². The molecule has 1 aliphatic rings. The third-order valence-electron chi connectivity index (χ3n) is 2.87. The first kappa shape index (κ1) is 11.6. The summed E-state index contributed by atoms with van der Waals surface area (Å²) in [7, 11) is 0. The highest BCUT2D eigenvalue weighted by Crippen LogP contribution is 2.30. The normalized spacial score (nSPS) is 29.3. The Hall–Kier alpha value is -0.440. The van der Waals surface area contributed by atoms with Crippen LogP contribution < -0.4 is 0 Å². The molecular weight excluding hydrogens is 181 g/mol. The van der Waals surface area contributed by atoms with Crippen molar-refractivity contribution in [2.75, 3.05) is 13.1 Å². The maximum Gasteiger partial charge on any atom is 0.175 e. The van der Waals surface area contributed by atoms with Crippen LogP contribution in [0.5, 0.6) is 0 Å². The molecule has 1 atom stereocenters. The molecule has 3 heteroatoms. The molecule has 0 aromatic rings. The zero-order chi connectivity index (χ0) is 11.1. The molecule has 82 valence electrons. The number of hydrogen-bond acceptors (Lipinski definition) is 2. The van der Waals surface area contributed by atoms with Crippen LogP contribution >= 0.6 is 0 Å². The largest absolute Gasteiger partial charge is 0.296 e. The van der Waals surface area contributed by atoms with E-state index in [4.69, 9.17) is 0 Å². The Balaban J connectivity index is 2.84. The van der Waals surface area contributed by atoms with E-state index in [0.717, 1.165) is 0 Å². The molecule has 0 radical (unpaired) electrons. The summed E-state index contributed by atoms with van der Waals surface area (Å²) in [5, 5.41) is 0. The number of piperidine rings is 1. The summed E-state index contributed by atoms with van der Waals surface area (Å²) >= 11 is 0. The molecule has 14 heavy (non-hydrogen) atoms. The number of carbonyl (C=O) groups excluding carboxylic acids is 1. The summed E-state index contributed by atoms with van der Waals surface area (Å²) in [6, 6.07) is 0. The molecule has 1 rings (SSSR count). The van der Waals surface area contributed by atoms with Gasteiger partial charge in [0.15, 0.2) is 12.0 Å². The van der Waals surface area contributed by atoms with Gasteiger partial charge in [-0.25, -0.2) is 4.39 Å². The number of Topliss-reactive ketones (excluding diaryl/α,β-unsaturated/α-hetero) is 1. The number of alkyl halides is 1. The second-order valence-electron chi connectivity index (χ2n) is 5.77. The fourth-order valence-corrected chi connectivity index (χ4v) is 1.83. The molecular formula is C11H20FNO. The fraction of sp³-hybridized carbons (Fsp3) is 0.909. The Morgan fingerprint density at radius 1 is 1.43 bits per heavy atom. The molecule has 0 N–H and O–H groups in total. The SMILES string of the molecule is CC1(C)CN(C(C)(C)C)CC(F)C1=O. The van der Waals surface area contributed by atoms with Crippen molar-refractivity contribution in [2.45, 2.75) is 46.3 Å². The Morgan fingerprint density at radius 3 is 2.29 bits per heavy atom. The summed E-state index contributed by atoms with van der Waals surface area (Å²) in [5.41, 5.74) is -0.618. The smallest absolute Gasteiger partial charge is 0.175 e. The van der Waals surface area contributed by atoms with Crippen molar-refractivity contribution in [3.05, 3.63) is 0 Å². The first-order valence-corrected chi connectivity index (χ1v) is 5.08. The molecule has 0 aromatic heterocycles. The molecule has 0 aliphatic carbocycles. The second kappa shape index (κ2) is 3.30. The molecule has 0 saturated carbocycles. The quantitative estimate of drug-likeness (QED) is 0.597. The van der Waals surface area contributed by atoms with Crippen LogP contribution in [0, 0.1) is 5.41 Å². The van der Waals surface area contributed by atoms with Gasteiger partial charge in [-0.2, -0.15) is 0 Å². The van der Waals surface area contributed by atoms with E-state index in [-0.39, 0.29) is 17.9 Å². The van der Waals surface area contributed by atoms with Gasteiger partial charge in [0.2, 0.25) is 0 Å². The van der Waals surface area contributed by atoms with Crippen molar-refractivity contribution in [3.63, 3.8) is 0 Å². The van der Waals surface area contributed by atoms with E-state index in [0.29, 0.717) is 6.54 Å². The minimum absolute atomic E-state index is 0.0672. The summed E-state index contributed by atoms with van der Waals surface area (Å²) < 4.78 is 13.5. The predicted octanol–water partition coefficient (Wildman–Crippen LogP) is 2.03. The third-order valence-corrected chi connectivity index (χ3v) is 2.87. The lowest BCUT2D eigenvalue weighted by Gasteiger charge is -2.45. The van der Waals surface area contributed by atoms with Gasteiger partial charge in [0.1, 0.15) is 0 Å². The van der Waals surface area contributed by atoms with Crippen LogP contribution in [0.25, 0.3) is 0 Å².